The molecule has 0 bridgehead atoms. The van der Waals surface area contributed by atoms with Gasteiger partial charge in [0.2, 0.25) is 5.91 Å². The maximum Gasteiger partial charge on any atom is 0.241 e. The molecule has 1 heterocycles. The zero-order valence-electron chi connectivity index (χ0n) is 8.47. The molecule has 0 fully saturated rings. The third-order valence-electron chi connectivity index (χ3n) is 2.62. The van der Waals surface area contributed by atoms with Gasteiger partial charge in [0.15, 0.2) is 0 Å². The highest BCUT2D eigenvalue weighted by Gasteiger charge is 2.24. The van der Waals surface area contributed by atoms with Crippen molar-refractivity contribution in [2.24, 2.45) is 0 Å². The van der Waals surface area contributed by atoms with E-state index in [0.29, 0.717) is 12.2 Å². The number of carbonyl (C=O) groups is 1. The number of benzene rings is 1. The normalized spacial score (nSPS) is 14.8. The van der Waals surface area contributed by atoms with Crippen LogP contribution < -0.4 is 4.90 Å². The number of halogens is 3. The fraction of sp³-hybridized carbons (Fsp3) is 0.364. The molecule has 1 aliphatic rings. The second-order valence-corrected chi connectivity index (χ2v) is 4.35. The fourth-order valence-electron chi connectivity index (χ4n) is 1.97. The van der Waals surface area contributed by atoms with E-state index in [2.05, 4.69) is 0 Å². The molecule has 0 spiro atoms. The topological polar surface area (TPSA) is 20.3 Å². The molecule has 1 aliphatic heterocycles. The largest absolute Gasteiger partial charge is 0.310 e. The summed E-state index contributed by atoms with van der Waals surface area (Å²) in [6.45, 7) is 0.587. The van der Waals surface area contributed by atoms with Crippen LogP contribution in [0.3, 0.4) is 0 Å². The number of rotatable bonds is 1. The lowest BCUT2D eigenvalue weighted by Gasteiger charge is -2.29. The van der Waals surface area contributed by atoms with Crippen LogP contribution in [0.2, 0.25) is 5.02 Å². The van der Waals surface area contributed by atoms with E-state index in [0.717, 1.165) is 18.4 Å². The van der Waals surface area contributed by atoms with E-state index in [1.165, 1.54) is 17.0 Å². The average molecular weight is 262 g/mol. The maximum atomic E-state index is 13.2. The van der Waals surface area contributed by atoms with E-state index >= 15 is 0 Å². The van der Waals surface area contributed by atoms with E-state index in [9.17, 15) is 9.18 Å². The van der Waals surface area contributed by atoms with Gasteiger partial charge < -0.3 is 4.90 Å². The highest BCUT2D eigenvalue weighted by atomic mass is 35.5. The van der Waals surface area contributed by atoms with Crippen LogP contribution in [-0.4, -0.2) is 18.3 Å². The summed E-state index contributed by atoms with van der Waals surface area (Å²) in [5.74, 6) is -0.660. The first kappa shape index (κ1) is 11.7. The predicted octanol–water partition coefficient (Wildman–Crippen LogP) is 3.00. The van der Waals surface area contributed by atoms with Crippen molar-refractivity contribution < 1.29 is 9.18 Å². The molecule has 0 aliphatic carbocycles. The van der Waals surface area contributed by atoms with E-state index in [1.807, 2.05) is 0 Å². The van der Waals surface area contributed by atoms with Gasteiger partial charge in [-0.2, -0.15) is 0 Å². The number of nitrogens with zero attached hydrogens (tertiary/aromatic N) is 1. The first-order valence-electron chi connectivity index (χ1n) is 4.97. The summed E-state index contributed by atoms with van der Waals surface area (Å²) in [6.07, 6.45) is 1.54. The molecule has 2 rings (SSSR count). The van der Waals surface area contributed by atoms with Gasteiger partial charge in [0, 0.05) is 6.54 Å². The lowest BCUT2D eigenvalue weighted by atomic mass is 10.0. The summed E-state index contributed by atoms with van der Waals surface area (Å²) in [6, 6.07) is 2.65. The van der Waals surface area contributed by atoms with E-state index in [1.54, 1.807) is 0 Å². The van der Waals surface area contributed by atoms with Crippen molar-refractivity contribution in [3.8, 4) is 0 Å². The highest BCUT2D eigenvalue weighted by molar-refractivity contribution is 6.35. The number of anilines is 1. The summed E-state index contributed by atoms with van der Waals surface area (Å²) in [5.41, 5.74) is 1.38. The molecule has 0 unspecified atom stereocenters. The first-order valence-corrected chi connectivity index (χ1v) is 5.89. The van der Waals surface area contributed by atoms with Crippen molar-refractivity contribution in [2.75, 3.05) is 17.3 Å². The van der Waals surface area contributed by atoms with Gasteiger partial charge in [-0.1, -0.05) is 11.6 Å². The number of aryl methyl sites for hydroxylation is 1. The minimum atomic E-state index is -0.371. The molecule has 0 N–H and O–H groups in total. The quantitative estimate of drug-likeness (QED) is 0.712. The molecule has 1 amide bonds. The van der Waals surface area contributed by atoms with Crippen LogP contribution in [0.1, 0.15) is 12.0 Å². The van der Waals surface area contributed by atoms with E-state index in [4.69, 9.17) is 23.2 Å². The SMILES string of the molecule is O=C(CCl)N1CCCc2cc(F)cc(Cl)c21. The second kappa shape index (κ2) is 4.60. The predicted molar refractivity (Wildman–Crippen MR) is 62.8 cm³/mol. The van der Waals surface area contributed by atoms with Crippen LogP contribution in [0.4, 0.5) is 10.1 Å². The smallest absolute Gasteiger partial charge is 0.241 e. The number of hydrogen-bond donors (Lipinski definition) is 0. The minimum absolute atomic E-state index is 0.0901. The molecule has 0 atom stereocenters. The molecule has 0 saturated heterocycles. The Kier molecular flexibility index (Phi) is 3.36. The molecule has 0 aromatic heterocycles. The molecule has 86 valence electrons. The van der Waals surface area contributed by atoms with Gasteiger partial charge in [-0.05, 0) is 30.5 Å². The van der Waals surface area contributed by atoms with Crippen LogP contribution in [0.5, 0.6) is 0 Å². The molecular formula is C11H10Cl2FNO. The molecule has 1 aromatic rings. The number of hydrogen-bond acceptors (Lipinski definition) is 1. The van der Waals surface area contributed by atoms with Crippen molar-refractivity contribution >= 4 is 34.8 Å². The minimum Gasteiger partial charge on any atom is -0.310 e. The van der Waals surface area contributed by atoms with Gasteiger partial charge in [-0.3, -0.25) is 4.79 Å². The van der Waals surface area contributed by atoms with Gasteiger partial charge >= 0.3 is 0 Å². The van der Waals surface area contributed by atoms with Crippen LogP contribution in [-0.2, 0) is 11.2 Å². The van der Waals surface area contributed by atoms with Gasteiger partial charge in [-0.15, -0.1) is 11.6 Å². The number of amides is 1. The monoisotopic (exact) mass is 261 g/mol. The zero-order chi connectivity index (χ0) is 11.7. The Labute approximate surface area is 103 Å². The van der Waals surface area contributed by atoms with Crippen LogP contribution in [0.25, 0.3) is 0 Å². The molecule has 2 nitrogen and oxygen atoms in total. The summed E-state index contributed by atoms with van der Waals surface area (Å²) in [4.78, 5) is 13.1. The van der Waals surface area contributed by atoms with Crippen LogP contribution >= 0.6 is 23.2 Å². The van der Waals surface area contributed by atoms with Gasteiger partial charge in [0.25, 0.3) is 0 Å². The highest BCUT2D eigenvalue weighted by Crippen LogP contribution is 2.35. The Balaban J connectivity index is 2.49. The molecule has 5 heteroatoms. The van der Waals surface area contributed by atoms with Crippen molar-refractivity contribution in [1.82, 2.24) is 0 Å². The Morgan fingerprint density at radius 3 is 2.94 bits per heavy atom. The Hall–Kier alpha value is -0.800. The van der Waals surface area contributed by atoms with E-state index in [-0.39, 0.29) is 22.6 Å². The zero-order valence-corrected chi connectivity index (χ0v) is 9.98. The van der Waals surface area contributed by atoms with Gasteiger partial charge in [0.1, 0.15) is 11.7 Å². The van der Waals surface area contributed by atoms with Crippen LogP contribution in [0, 0.1) is 5.82 Å². The average Bonchev–Trinajstić information content (AvgIpc) is 2.26. The maximum absolute atomic E-state index is 13.2. The van der Waals surface area contributed by atoms with Crippen molar-refractivity contribution in [3.63, 3.8) is 0 Å². The summed E-state index contributed by atoms with van der Waals surface area (Å²) in [5, 5.41) is 0.271. The fourth-order valence-corrected chi connectivity index (χ4v) is 2.44. The van der Waals surface area contributed by atoms with Crippen molar-refractivity contribution in [2.45, 2.75) is 12.8 Å². The molecule has 1 aromatic carbocycles. The molecular weight excluding hydrogens is 252 g/mol. The Bertz CT molecular complexity index is 436. The van der Waals surface area contributed by atoms with Gasteiger partial charge in [0.05, 0.1) is 10.7 Å². The molecule has 16 heavy (non-hydrogen) atoms. The lowest BCUT2D eigenvalue weighted by Crippen LogP contribution is -2.36. The summed E-state index contributed by atoms with van der Waals surface area (Å²) < 4.78 is 13.2. The number of alkyl halides is 1. The number of carbonyl (C=O) groups excluding carboxylic acids is 1. The van der Waals surface area contributed by atoms with Crippen molar-refractivity contribution in [3.05, 3.63) is 28.5 Å². The summed E-state index contributed by atoms with van der Waals surface area (Å²) in [7, 11) is 0. The lowest BCUT2D eigenvalue weighted by molar-refractivity contribution is -0.116. The third kappa shape index (κ3) is 2.02. The van der Waals surface area contributed by atoms with E-state index < -0.39 is 0 Å². The second-order valence-electron chi connectivity index (χ2n) is 3.68. The van der Waals surface area contributed by atoms with Crippen molar-refractivity contribution in [1.29, 1.82) is 0 Å². The Morgan fingerprint density at radius 1 is 1.50 bits per heavy atom. The first-order chi connectivity index (χ1) is 7.63. The standard InChI is InChI=1S/C11H10Cl2FNO/c12-6-10(16)15-3-1-2-7-4-8(14)5-9(13)11(7)15/h4-5H,1-3,6H2. The summed E-state index contributed by atoms with van der Waals surface area (Å²) >= 11 is 11.5. The molecule has 0 radical (unpaired) electrons. The molecule has 0 saturated carbocycles. The Morgan fingerprint density at radius 2 is 2.25 bits per heavy atom. The van der Waals surface area contributed by atoms with Gasteiger partial charge in [-0.25, -0.2) is 4.39 Å². The third-order valence-corrected chi connectivity index (χ3v) is 3.14. The van der Waals surface area contributed by atoms with Crippen LogP contribution in [0.15, 0.2) is 12.1 Å². The number of fused-ring (bicyclic) bond motifs is 1.